The highest BCUT2D eigenvalue weighted by Crippen LogP contribution is 2.56. The van der Waals surface area contributed by atoms with E-state index in [1.54, 1.807) is 34.8 Å². The lowest BCUT2D eigenvalue weighted by Gasteiger charge is -2.54. The van der Waals surface area contributed by atoms with Crippen molar-refractivity contribution in [3.63, 3.8) is 0 Å². The third-order valence-electron chi connectivity index (χ3n) is 15.8. The Balaban J connectivity index is 1.24. The second kappa shape index (κ2) is 18.2. The molecule has 6 fully saturated rings. The van der Waals surface area contributed by atoms with E-state index in [0.29, 0.717) is 44.1 Å². The molecule has 6 aliphatic rings. The predicted molar refractivity (Wildman–Crippen MR) is 222 cm³/mol. The zero-order chi connectivity index (χ0) is 44.3. The minimum atomic E-state index is -1.26. The standard InChI is InChI=1S/C47H78O13/c1-24(40(49)25(2)19-28(5)43(50)51)18-26(3)41-31(8)34(48)23-46(59-41)17-16-44(11,60-46)38-22-36(55-39-15-14-35(53-13)33(10)54-39)32(9)47(57-38)30(7)21-37(56-47)42-27(4)20-29(6)45(12,52)58-42/h18,25-39,41-42,48,52H,14-17,19-23H2,1-13H3,(H,50,51)/b24-18+/t25-,26+,27+,28+,29-,30+,31-,32-,33+,34+,35-,36+,37-,38-,39-,41-,42+,44+,45+,46-,47+/m1/s1. The van der Waals surface area contributed by atoms with E-state index >= 15 is 0 Å². The summed E-state index contributed by atoms with van der Waals surface area (Å²) in [5.74, 6) is -5.99. The molecule has 344 valence electrons. The molecule has 60 heavy (non-hydrogen) atoms. The van der Waals surface area contributed by atoms with Crippen molar-refractivity contribution in [2.45, 2.75) is 219 Å². The molecule has 0 radical (unpaired) electrons. The van der Waals surface area contributed by atoms with Crippen LogP contribution in [0.1, 0.15) is 141 Å². The van der Waals surface area contributed by atoms with Crippen molar-refractivity contribution in [1.82, 2.24) is 0 Å². The third-order valence-corrected chi connectivity index (χ3v) is 15.8. The topological polar surface area (TPSA) is 169 Å². The molecule has 6 aliphatic heterocycles. The van der Waals surface area contributed by atoms with Crippen LogP contribution in [0.4, 0.5) is 0 Å². The quantitative estimate of drug-likeness (QED) is 0.169. The lowest BCUT2D eigenvalue weighted by atomic mass is 9.76. The fourth-order valence-corrected chi connectivity index (χ4v) is 11.6. The number of carbonyl (C=O) groups excluding carboxylic acids is 1. The number of methoxy groups -OCH3 is 1. The summed E-state index contributed by atoms with van der Waals surface area (Å²) >= 11 is 0. The summed E-state index contributed by atoms with van der Waals surface area (Å²) in [6, 6.07) is 0. The molecule has 2 spiro atoms. The molecular weight excluding hydrogens is 773 g/mol. The van der Waals surface area contributed by atoms with E-state index in [0.717, 1.165) is 12.8 Å². The Hall–Kier alpha value is -1.52. The van der Waals surface area contributed by atoms with Gasteiger partial charge in [0.05, 0.1) is 60.4 Å². The number of aliphatic carboxylic acids is 1. The van der Waals surface area contributed by atoms with Gasteiger partial charge in [-0.1, -0.05) is 61.5 Å². The average molecular weight is 851 g/mol. The summed E-state index contributed by atoms with van der Waals surface area (Å²) in [6.07, 6.45) is 4.09. The molecule has 6 heterocycles. The Morgan fingerprint density at radius 2 is 1.58 bits per heavy atom. The number of Topliss-reactive ketones (excluding diaryl/α,β-unsaturated/α-hetero) is 1. The molecule has 0 aliphatic carbocycles. The first-order chi connectivity index (χ1) is 27.9. The molecule has 6 saturated heterocycles. The molecule has 3 N–H and O–H groups in total. The van der Waals surface area contributed by atoms with E-state index in [4.69, 9.17) is 37.9 Å². The lowest BCUT2D eigenvalue weighted by molar-refractivity contribution is -0.389. The van der Waals surface area contributed by atoms with Gasteiger partial charge in [-0.15, -0.1) is 0 Å². The Morgan fingerprint density at radius 1 is 0.883 bits per heavy atom. The molecule has 0 aromatic carbocycles. The number of carboxylic acids is 1. The number of hydrogen-bond donors (Lipinski definition) is 3. The number of aliphatic hydroxyl groups excluding tert-OH is 1. The molecule has 0 saturated carbocycles. The summed E-state index contributed by atoms with van der Waals surface area (Å²) in [5, 5.41) is 32.2. The number of allylic oxidation sites excluding steroid dienone is 1. The molecule has 0 bridgehead atoms. The van der Waals surface area contributed by atoms with Crippen molar-refractivity contribution in [2.75, 3.05) is 7.11 Å². The third kappa shape index (κ3) is 9.47. The Labute approximate surface area is 358 Å². The average Bonchev–Trinajstić information content (AvgIpc) is 3.68. The minimum absolute atomic E-state index is 0.00518. The van der Waals surface area contributed by atoms with E-state index in [1.807, 2.05) is 33.8 Å². The number of rotatable bonds is 12. The van der Waals surface area contributed by atoms with Gasteiger partial charge >= 0.3 is 5.97 Å². The number of carbonyl (C=O) groups is 2. The van der Waals surface area contributed by atoms with E-state index in [1.165, 1.54) is 0 Å². The van der Waals surface area contributed by atoms with E-state index in [9.17, 15) is 24.9 Å². The zero-order valence-electron chi connectivity index (χ0n) is 38.7. The van der Waals surface area contributed by atoms with Gasteiger partial charge in [0.15, 0.2) is 29.4 Å². The number of hydrogen-bond acceptors (Lipinski definition) is 12. The summed E-state index contributed by atoms with van der Waals surface area (Å²) in [4.78, 5) is 24.8. The van der Waals surface area contributed by atoms with Gasteiger partial charge in [0, 0.05) is 68.3 Å². The van der Waals surface area contributed by atoms with Gasteiger partial charge in [-0.25, -0.2) is 0 Å². The van der Waals surface area contributed by atoms with Crippen LogP contribution < -0.4 is 0 Å². The van der Waals surface area contributed by atoms with Crippen LogP contribution in [0.3, 0.4) is 0 Å². The summed E-state index contributed by atoms with van der Waals surface area (Å²) in [7, 11) is 1.72. The second-order valence-corrected chi connectivity index (χ2v) is 20.7. The number of aliphatic hydroxyl groups is 2. The van der Waals surface area contributed by atoms with Gasteiger partial charge in [-0.3, -0.25) is 9.59 Å². The molecular formula is C47H78O13. The maximum absolute atomic E-state index is 13.4. The van der Waals surface area contributed by atoms with Crippen LogP contribution in [0, 0.1) is 47.3 Å². The maximum Gasteiger partial charge on any atom is 0.306 e. The predicted octanol–water partition coefficient (Wildman–Crippen LogP) is 7.18. The van der Waals surface area contributed by atoms with Gasteiger partial charge in [0.25, 0.3) is 0 Å². The minimum Gasteiger partial charge on any atom is -0.481 e. The molecule has 0 unspecified atom stereocenters. The van der Waals surface area contributed by atoms with Crippen LogP contribution in [0.15, 0.2) is 11.6 Å². The first-order valence-electron chi connectivity index (χ1n) is 23.1. The zero-order valence-corrected chi connectivity index (χ0v) is 38.7. The van der Waals surface area contributed by atoms with Crippen molar-refractivity contribution in [3.05, 3.63) is 11.6 Å². The summed E-state index contributed by atoms with van der Waals surface area (Å²) < 4.78 is 54.1. The second-order valence-electron chi connectivity index (χ2n) is 20.7. The maximum atomic E-state index is 13.4. The largest absolute Gasteiger partial charge is 0.481 e. The van der Waals surface area contributed by atoms with E-state index in [2.05, 4.69) is 27.7 Å². The normalized spacial score (nSPS) is 49.2. The van der Waals surface area contributed by atoms with Crippen LogP contribution in [0.2, 0.25) is 0 Å². The van der Waals surface area contributed by atoms with Crippen LogP contribution >= 0.6 is 0 Å². The Bertz CT molecular complexity index is 1550. The molecule has 21 atom stereocenters. The van der Waals surface area contributed by atoms with E-state index < -0.39 is 65.4 Å². The van der Waals surface area contributed by atoms with Crippen LogP contribution in [0.25, 0.3) is 0 Å². The smallest absolute Gasteiger partial charge is 0.306 e. The number of carboxylic acid groups (broad SMARTS) is 1. The van der Waals surface area contributed by atoms with Crippen LogP contribution in [-0.4, -0.2) is 112 Å². The summed E-state index contributed by atoms with van der Waals surface area (Å²) in [6.45, 7) is 23.5. The SMILES string of the molecule is CO[C@@H]1CC[C@@H](O[C@H]2C[C@H]([C@]3(C)CC[C@]4(C[C@H](O)[C@@H](C)[C@@H]([C@@H](C)/C=C(\C)C(=O)[C@H](C)C[C@H](C)C(=O)O)O4)O3)O[C@]3(O[C@@H]([C@H]4O[C@](C)(O)[C@H](C)C[C@@H]4C)C[C@@H]3C)[C@@H]2C)O[C@H]1C. The highest BCUT2D eigenvalue weighted by atomic mass is 16.8. The summed E-state index contributed by atoms with van der Waals surface area (Å²) in [5.41, 5.74) is -0.280. The van der Waals surface area contributed by atoms with Gasteiger partial charge in [-0.2, -0.15) is 0 Å². The first kappa shape index (κ1) is 47.9. The first-order valence-corrected chi connectivity index (χ1v) is 23.1. The van der Waals surface area contributed by atoms with Crippen molar-refractivity contribution >= 4 is 11.8 Å². The van der Waals surface area contributed by atoms with Crippen molar-refractivity contribution < 1.29 is 62.8 Å². The fraction of sp³-hybridized carbons (Fsp3) is 0.915. The number of ketones is 1. The van der Waals surface area contributed by atoms with Crippen molar-refractivity contribution in [2.24, 2.45) is 47.3 Å². The molecule has 0 aromatic rings. The van der Waals surface area contributed by atoms with Crippen LogP contribution in [-0.2, 0) is 47.5 Å². The van der Waals surface area contributed by atoms with Crippen LogP contribution in [0.5, 0.6) is 0 Å². The molecule has 0 aromatic heterocycles. The van der Waals surface area contributed by atoms with Crippen molar-refractivity contribution in [1.29, 1.82) is 0 Å². The highest BCUT2D eigenvalue weighted by molar-refractivity contribution is 5.96. The van der Waals surface area contributed by atoms with Gasteiger partial charge in [0.2, 0.25) is 0 Å². The lowest BCUT2D eigenvalue weighted by Crippen LogP contribution is -2.63. The van der Waals surface area contributed by atoms with Gasteiger partial charge in [-0.05, 0) is 71.3 Å². The molecule has 13 heteroatoms. The van der Waals surface area contributed by atoms with E-state index in [-0.39, 0.29) is 78.2 Å². The molecule has 13 nitrogen and oxygen atoms in total. The monoisotopic (exact) mass is 851 g/mol. The molecule has 0 amide bonds. The Kier molecular flexibility index (Phi) is 14.5. The number of ether oxygens (including phenoxy) is 8. The highest BCUT2D eigenvalue weighted by Gasteiger charge is 2.65. The fourth-order valence-electron chi connectivity index (χ4n) is 11.6. The Morgan fingerprint density at radius 3 is 2.23 bits per heavy atom. The van der Waals surface area contributed by atoms with Gasteiger partial charge < -0.3 is 53.2 Å². The van der Waals surface area contributed by atoms with Gasteiger partial charge in [0.1, 0.15) is 0 Å². The molecule has 6 rings (SSSR count). The van der Waals surface area contributed by atoms with Crippen molar-refractivity contribution in [3.8, 4) is 0 Å².